The summed E-state index contributed by atoms with van der Waals surface area (Å²) in [6, 6.07) is 1.96. The summed E-state index contributed by atoms with van der Waals surface area (Å²) >= 11 is 1.34. The van der Waals surface area contributed by atoms with Gasteiger partial charge in [0.25, 0.3) is 5.78 Å². The maximum absolute atomic E-state index is 11.9. The van der Waals surface area contributed by atoms with Crippen LogP contribution in [-0.4, -0.2) is 62.3 Å². The molecule has 0 aliphatic carbocycles. The second kappa shape index (κ2) is 8.98. The number of thioether (sulfide) groups is 1. The van der Waals surface area contributed by atoms with Crippen LogP contribution >= 0.6 is 11.8 Å². The summed E-state index contributed by atoms with van der Waals surface area (Å²) in [5, 5.41) is 7.91. The summed E-state index contributed by atoms with van der Waals surface area (Å²) in [6.45, 7) is 12.0. The van der Waals surface area contributed by atoms with Crippen LogP contribution in [0.4, 0.5) is 0 Å². The van der Waals surface area contributed by atoms with Gasteiger partial charge in [0.2, 0.25) is 11.1 Å². The minimum Gasteiger partial charge on any atom is -0.355 e. The van der Waals surface area contributed by atoms with Crippen molar-refractivity contribution in [3.05, 3.63) is 17.5 Å². The van der Waals surface area contributed by atoms with Crippen LogP contribution in [0.1, 0.15) is 31.7 Å². The van der Waals surface area contributed by atoms with E-state index in [1.54, 1.807) is 4.52 Å². The predicted octanol–water partition coefficient (Wildman–Crippen LogP) is 1.68. The number of rotatable bonds is 9. The second-order valence-electron chi connectivity index (χ2n) is 5.66. The van der Waals surface area contributed by atoms with Gasteiger partial charge in [0.15, 0.2) is 0 Å². The van der Waals surface area contributed by atoms with E-state index in [4.69, 9.17) is 0 Å². The van der Waals surface area contributed by atoms with E-state index in [0.29, 0.717) is 23.2 Å². The Bertz CT molecular complexity index is 683. The van der Waals surface area contributed by atoms with Gasteiger partial charge in [0.05, 0.1) is 5.75 Å². The maximum atomic E-state index is 11.9. The van der Waals surface area contributed by atoms with Crippen molar-refractivity contribution < 1.29 is 4.79 Å². The first-order valence-corrected chi connectivity index (χ1v) is 9.35. The molecule has 0 radical (unpaired) electrons. The normalized spacial score (nSPS) is 11.4. The van der Waals surface area contributed by atoms with Crippen LogP contribution in [0.5, 0.6) is 0 Å². The van der Waals surface area contributed by atoms with Crippen LogP contribution in [-0.2, 0) is 4.79 Å². The molecule has 8 heteroatoms. The smallest absolute Gasteiger partial charge is 0.253 e. The summed E-state index contributed by atoms with van der Waals surface area (Å²) in [5.74, 6) is 0.911. The Hall–Kier alpha value is -1.67. The first-order valence-electron chi connectivity index (χ1n) is 8.36. The van der Waals surface area contributed by atoms with Crippen molar-refractivity contribution in [3.63, 3.8) is 0 Å². The highest BCUT2D eigenvalue weighted by molar-refractivity contribution is 7.99. The van der Waals surface area contributed by atoms with Crippen molar-refractivity contribution in [1.29, 1.82) is 0 Å². The number of nitrogens with zero attached hydrogens (tertiary/aromatic N) is 5. The third-order valence-corrected chi connectivity index (χ3v) is 4.64. The Labute approximate surface area is 147 Å². The molecule has 0 atom stereocenters. The van der Waals surface area contributed by atoms with Crippen molar-refractivity contribution in [1.82, 2.24) is 29.8 Å². The van der Waals surface area contributed by atoms with Crippen LogP contribution in [0.15, 0.2) is 11.2 Å². The van der Waals surface area contributed by atoms with Gasteiger partial charge in [-0.05, 0) is 46.0 Å². The van der Waals surface area contributed by atoms with Crippen LogP contribution in [0, 0.1) is 13.8 Å². The van der Waals surface area contributed by atoms with E-state index in [-0.39, 0.29) is 5.91 Å². The van der Waals surface area contributed by atoms with E-state index in [9.17, 15) is 4.79 Å². The van der Waals surface area contributed by atoms with Crippen molar-refractivity contribution in [2.75, 3.05) is 31.9 Å². The fourth-order valence-corrected chi connectivity index (χ4v) is 3.11. The fraction of sp³-hybridized carbons (Fsp3) is 0.625. The molecule has 132 valence electrons. The van der Waals surface area contributed by atoms with E-state index >= 15 is 0 Å². The zero-order chi connectivity index (χ0) is 17.5. The van der Waals surface area contributed by atoms with E-state index in [1.807, 2.05) is 19.9 Å². The lowest BCUT2D eigenvalue weighted by molar-refractivity contribution is -0.118. The van der Waals surface area contributed by atoms with Gasteiger partial charge in [0, 0.05) is 17.9 Å². The third-order valence-electron chi connectivity index (χ3n) is 3.80. The van der Waals surface area contributed by atoms with Gasteiger partial charge in [-0.25, -0.2) is 9.50 Å². The zero-order valence-electron chi connectivity index (χ0n) is 14.9. The quantitative estimate of drug-likeness (QED) is 0.548. The number of carbonyl (C=O) groups is 1. The molecule has 2 aromatic rings. The van der Waals surface area contributed by atoms with Gasteiger partial charge in [-0.2, -0.15) is 4.98 Å². The number of carbonyl (C=O) groups excluding carboxylic acids is 1. The van der Waals surface area contributed by atoms with Crippen molar-refractivity contribution >= 4 is 23.4 Å². The standard InChI is InChI=1S/C16H26N6OS/c1-5-21(6-2)9-7-8-17-14(23)11-24-16-19-15-18-12(3)10-13(4)22(15)20-16/h10H,5-9,11H2,1-4H3,(H,17,23). The fourth-order valence-electron chi connectivity index (χ4n) is 2.46. The van der Waals surface area contributed by atoms with Crippen LogP contribution in [0.25, 0.3) is 5.78 Å². The SMILES string of the molecule is CCN(CC)CCCNC(=O)CSc1nc2nc(C)cc(C)n2n1. The molecule has 24 heavy (non-hydrogen) atoms. The molecule has 1 N–H and O–H groups in total. The lowest BCUT2D eigenvalue weighted by Crippen LogP contribution is -2.30. The number of hydrogen-bond donors (Lipinski definition) is 1. The van der Waals surface area contributed by atoms with Gasteiger partial charge >= 0.3 is 0 Å². The van der Waals surface area contributed by atoms with Crippen LogP contribution in [0.3, 0.4) is 0 Å². The molecule has 0 aromatic carbocycles. The van der Waals surface area contributed by atoms with Gasteiger partial charge in [-0.3, -0.25) is 4.79 Å². The number of hydrogen-bond acceptors (Lipinski definition) is 6. The average molecular weight is 350 g/mol. The third kappa shape index (κ3) is 5.17. The Balaban J connectivity index is 1.77. The maximum Gasteiger partial charge on any atom is 0.253 e. The average Bonchev–Trinajstić information content (AvgIpc) is 2.96. The molecule has 0 aliphatic heterocycles. The minimum atomic E-state index is 0.0132. The second-order valence-corrected chi connectivity index (χ2v) is 6.61. The van der Waals surface area contributed by atoms with Gasteiger partial charge in [-0.15, -0.1) is 5.10 Å². The lowest BCUT2D eigenvalue weighted by atomic mass is 10.3. The number of aryl methyl sites for hydroxylation is 2. The minimum absolute atomic E-state index is 0.0132. The summed E-state index contributed by atoms with van der Waals surface area (Å²) in [4.78, 5) is 23.0. The zero-order valence-corrected chi connectivity index (χ0v) is 15.7. The van der Waals surface area contributed by atoms with E-state index < -0.39 is 0 Å². The van der Waals surface area contributed by atoms with Crippen molar-refractivity contribution in [2.24, 2.45) is 0 Å². The molecule has 0 saturated heterocycles. The Morgan fingerprint density at radius 2 is 2.04 bits per heavy atom. The first kappa shape index (κ1) is 18.7. The molecule has 0 unspecified atom stereocenters. The molecule has 2 rings (SSSR count). The molecular formula is C16H26N6OS. The molecule has 1 amide bonds. The molecule has 0 saturated carbocycles. The first-order chi connectivity index (χ1) is 11.5. The monoisotopic (exact) mass is 350 g/mol. The molecular weight excluding hydrogens is 324 g/mol. The number of aromatic nitrogens is 4. The summed E-state index contributed by atoms with van der Waals surface area (Å²) in [6.07, 6.45) is 0.965. The number of fused-ring (bicyclic) bond motifs is 1. The summed E-state index contributed by atoms with van der Waals surface area (Å²) in [7, 11) is 0. The predicted molar refractivity (Wildman–Crippen MR) is 96.4 cm³/mol. The van der Waals surface area contributed by atoms with E-state index in [1.165, 1.54) is 11.8 Å². The Kier molecular flexibility index (Phi) is 6.99. The summed E-state index contributed by atoms with van der Waals surface area (Å²) in [5.41, 5.74) is 1.90. The molecule has 7 nitrogen and oxygen atoms in total. The highest BCUT2D eigenvalue weighted by atomic mass is 32.2. The van der Waals surface area contributed by atoms with Gasteiger partial charge in [-0.1, -0.05) is 25.6 Å². The molecule has 2 heterocycles. The van der Waals surface area contributed by atoms with E-state index in [2.05, 4.69) is 39.1 Å². The van der Waals surface area contributed by atoms with Crippen LogP contribution in [0.2, 0.25) is 0 Å². The van der Waals surface area contributed by atoms with Gasteiger partial charge < -0.3 is 10.2 Å². The van der Waals surface area contributed by atoms with Gasteiger partial charge in [0.1, 0.15) is 0 Å². The summed E-state index contributed by atoms with van der Waals surface area (Å²) < 4.78 is 1.71. The molecule has 0 fully saturated rings. The van der Waals surface area contributed by atoms with Crippen molar-refractivity contribution in [2.45, 2.75) is 39.3 Å². The number of nitrogens with one attached hydrogen (secondary N) is 1. The highest BCUT2D eigenvalue weighted by Crippen LogP contribution is 2.14. The largest absolute Gasteiger partial charge is 0.355 e. The van der Waals surface area contributed by atoms with Crippen LogP contribution < -0.4 is 5.32 Å². The molecule has 0 spiro atoms. The highest BCUT2D eigenvalue weighted by Gasteiger charge is 2.10. The Morgan fingerprint density at radius 3 is 2.75 bits per heavy atom. The Morgan fingerprint density at radius 1 is 1.29 bits per heavy atom. The molecule has 0 aliphatic rings. The molecule has 0 bridgehead atoms. The van der Waals surface area contributed by atoms with E-state index in [0.717, 1.165) is 37.4 Å². The number of amides is 1. The topological polar surface area (TPSA) is 75.4 Å². The van der Waals surface area contributed by atoms with Crippen molar-refractivity contribution in [3.8, 4) is 0 Å². The lowest BCUT2D eigenvalue weighted by Gasteiger charge is -2.17. The molecule has 2 aromatic heterocycles.